The lowest BCUT2D eigenvalue weighted by atomic mass is 10.2. The Kier molecular flexibility index (Phi) is 2.83. The zero-order valence-corrected chi connectivity index (χ0v) is 7.04. The molecule has 0 aliphatic heterocycles. The maximum atomic E-state index is 12.1. The van der Waals surface area contributed by atoms with Gasteiger partial charge in [-0.2, -0.15) is 18.4 Å². The van der Waals surface area contributed by atoms with Crippen LogP contribution in [0.3, 0.4) is 0 Å². The Bertz CT molecular complexity index is 340. The highest BCUT2D eigenvalue weighted by atomic mass is 32.2. The molecule has 0 saturated carbocycles. The van der Waals surface area contributed by atoms with Crippen molar-refractivity contribution in [3.63, 3.8) is 0 Å². The van der Waals surface area contributed by atoms with Gasteiger partial charge in [0.15, 0.2) is 0 Å². The van der Waals surface area contributed by atoms with Crippen molar-refractivity contribution in [2.45, 2.75) is 11.1 Å². The summed E-state index contributed by atoms with van der Waals surface area (Å²) < 4.78 is 36.3. The summed E-state index contributed by atoms with van der Waals surface area (Å²) in [5, 5.41) is 9.91. The molecule has 0 heterocycles. The van der Waals surface area contributed by atoms with Crippen molar-refractivity contribution in [3.05, 3.63) is 29.8 Å². The second-order valence-electron chi connectivity index (χ2n) is 2.13. The molecule has 67 valence electrons. The van der Waals surface area contributed by atoms with Gasteiger partial charge in [-0.3, -0.25) is 0 Å². The number of halogens is 3. The minimum atomic E-state index is -4.36. The zero-order chi connectivity index (χ0) is 9.90. The molecule has 0 spiro atoms. The Morgan fingerprint density at radius 3 is 2.69 bits per heavy atom. The van der Waals surface area contributed by atoms with Gasteiger partial charge in [-0.05, 0) is 30.0 Å². The molecule has 1 nitrogen and oxygen atoms in total. The molecule has 0 saturated heterocycles. The van der Waals surface area contributed by atoms with E-state index < -0.39 is 11.7 Å². The molecule has 0 N–H and O–H groups in total. The number of thioether (sulfide) groups is 1. The quantitative estimate of drug-likeness (QED) is 0.516. The van der Waals surface area contributed by atoms with Gasteiger partial charge in [-0.15, -0.1) is 0 Å². The zero-order valence-electron chi connectivity index (χ0n) is 6.22. The average Bonchev–Trinajstić information content (AvgIpc) is 2.04. The number of hydrogen-bond acceptors (Lipinski definition) is 2. The first kappa shape index (κ1) is 9.93. The van der Waals surface area contributed by atoms with Crippen LogP contribution < -0.4 is 0 Å². The molecule has 0 atom stereocenters. The average molecular weight is 202 g/mol. The van der Waals surface area contributed by atoms with Gasteiger partial charge in [-0.1, -0.05) is 6.07 Å². The van der Waals surface area contributed by atoms with E-state index in [9.17, 15) is 13.2 Å². The van der Waals surface area contributed by atoms with E-state index >= 15 is 0 Å². The first-order valence-electron chi connectivity index (χ1n) is 3.19. The molecular formula is C8H3F3NS. The summed E-state index contributed by atoms with van der Waals surface area (Å²) >= 11 is 0.656. The number of benzene rings is 1. The number of hydrogen-bond donors (Lipinski definition) is 0. The van der Waals surface area contributed by atoms with Crippen LogP contribution in [0.2, 0.25) is 0 Å². The van der Waals surface area contributed by atoms with Gasteiger partial charge in [0, 0.05) is 4.90 Å². The topological polar surface area (TPSA) is 23.8 Å². The highest BCUT2D eigenvalue weighted by Gasteiger charge is 2.30. The summed E-state index contributed by atoms with van der Waals surface area (Å²) in [5.74, 6) is 0. The molecule has 1 aromatic carbocycles. The largest absolute Gasteiger partial charge is 0.416 e. The van der Waals surface area contributed by atoms with E-state index in [2.05, 4.69) is 6.07 Å². The third kappa shape index (κ3) is 2.67. The number of thiocyanates is 1. The van der Waals surface area contributed by atoms with Crippen LogP contribution in [-0.4, -0.2) is 0 Å². The predicted octanol–water partition coefficient (Wildman–Crippen LogP) is 3.08. The Morgan fingerprint density at radius 2 is 2.15 bits per heavy atom. The van der Waals surface area contributed by atoms with E-state index in [1.807, 2.05) is 0 Å². The summed E-state index contributed by atoms with van der Waals surface area (Å²) in [4.78, 5) is 0.178. The van der Waals surface area contributed by atoms with E-state index in [1.54, 1.807) is 5.40 Å². The van der Waals surface area contributed by atoms with E-state index in [0.29, 0.717) is 11.8 Å². The Labute approximate surface area is 77.2 Å². The van der Waals surface area contributed by atoms with E-state index in [0.717, 1.165) is 18.2 Å². The van der Waals surface area contributed by atoms with Crippen LogP contribution >= 0.6 is 11.8 Å². The lowest BCUT2D eigenvalue weighted by molar-refractivity contribution is -0.137. The van der Waals surface area contributed by atoms with Crippen molar-refractivity contribution in [1.29, 1.82) is 5.26 Å². The summed E-state index contributed by atoms with van der Waals surface area (Å²) in [7, 11) is 0. The van der Waals surface area contributed by atoms with Crippen LogP contribution in [0.5, 0.6) is 0 Å². The van der Waals surface area contributed by atoms with Crippen LogP contribution in [-0.2, 0) is 6.18 Å². The maximum absolute atomic E-state index is 12.1. The molecule has 5 heteroatoms. The fourth-order valence-electron chi connectivity index (χ4n) is 0.729. The minimum absolute atomic E-state index is 0.178. The standard InChI is InChI=1S/C8H3F3NS/c9-8(10,11)6-2-1-3-7(4-6)13-5-12/h1-2,4H. The van der Waals surface area contributed by atoms with Gasteiger partial charge in [0.05, 0.1) is 5.56 Å². The SMILES string of the molecule is N#CSc1[c]ccc(C(F)(F)F)c1. The van der Waals surface area contributed by atoms with Crippen LogP contribution in [0.15, 0.2) is 23.1 Å². The van der Waals surface area contributed by atoms with Gasteiger partial charge in [0.1, 0.15) is 5.40 Å². The van der Waals surface area contributed by atoms with Gasteiger partial charge in [0.2, 0.25) is 0 Å². The molecule has 0 bridgehead atoms. The van der Waals surface area contributed by atoms with Crippen molar-refractivity contribution in [2.75, 3.05) is 0 Å². The summed E-state index contributed by atoms with van der Waals surface area (Å²) in [6, 6.07) is 5.49. The Hall–Kier alpha value is -1.15. The van der Waals surface area contributed by atoms with Crippen molar-refractivity contribution < 1.29 is 13.2 Å². The lowest BCUT2D eigenvalue weighted by Crippen LogP contribution is -2.04. The third-order valence-electron chi connectivity index (χ3n) is 1.26. The lowest BCUT2D eigenvalue weighted by Gasteiger charge is -2.05. The molecule has 0 aliphatic carbocycles. The third-order valence-corrected chi connectivity index (χ3v) is 1.80. The van der Waals surface area contributed by atoms with Crippen molar-refractivity contribution in [2.24, 2.45) is 0 Å². The highest BCUT2D eigenvalue weighted by Crippen LogP contribution is 2.31. The summed E-state index contributed by atoms with van der Waals surface area (Å²) in [6.45, 7) is 0. The molecule has 0 fully saturated rings. The number of alkyl halides is 3. The second kappa shape index (κ2) is 3.71. The molecule has 1 aromatic rings. The molecule has 0 aromatic heterocycles. The van der Waals surface area contributed by atoms with Crippen LogP contribution in [0, 0.1) is 16.7 Å². The van der Waals surface area contributed by atoms with Crippen LogP contribution in [0.25, 0.3) is 0 Å². The minimum Gasteiger partial charge on any atom is -0.185 e. The van der Waals surface area contributed by atoms with Crippen LogP contribution in [0.1, 0.15) is 5.56 Å². The maximum Gasteiger partial charge on any atom is 0.416 e. The highest BCUT2D eigenvalue weighted by molar-refractivity contribution is 8.03. The molecule has 1 rings (SSSR count). The Balaban J connectivity index is 3.00. The first-order chi connectivity index (χ1) is 6.04. The first-order valence-corrected chi connectivity index (χ1v) is 4.00. The predicted molar refractivity (Wildman–Crippen MR) is 41.8 cm³/mol. The summed E-state index contributed by atoms with van der Waals surface area (Å²) in [5.41, 5.74) is -0.760. The van der Waals surface area contributed by atoms with Crippen molar-refractivity contribution in [3.8, 4) is 5.40 Å². The smallest absolute Gasteiger partial charge is 0.185 e. The molecular weight excluding hydrogens is 199 g/mol. The fraction of sp³-hybridized carbons (Fsp3) is 0.125. The normalized spacial score (nSPS) is 10.9. The molecule has 0 unspecified atom stereocenters. The fourth-order valence-corrected chi connectivity index (χ4v) is 1.14. The molecule has 0 amide bonds. The van der Waals surface area contributed by atoms with Gasteiger partial charge < -0.3 is 0 Å². The van der Waals surface area contributed by atoms with E-state index in [4.69, 9.17) is 5.26 Å². The van der Waals surface area contributed by atoms with Gasteiger partial charge >= 0.3 is 6.18 Å². The van der Waals surface area contributed by atoms with E-state index in [-0.39, 0.29) is 4.90 Å². The van der Waals surface area contributed by atoms with Gasteiger partial charge in [-0.25, -0.2) is 0 Å². The van der Waals surface area contributed by atoms with Crippen molar-refractivity contribution >= 4 is 11.8 Å². The summed E-state index contributed by atoms with van der Waals surface area (Å²) in [6.07, 6.45) is -4.36. The van der Waals surface area contributed by atoms with Crippen LogP contribution in [0.4, 0.5) is 13.2 Å². The molecule has 13 heavy (non-hydrogen) atoms. The number of rotatable bonds is 1. The van der Waals surface area contributed by atoms with Crippen molar-refractivity contribution in [1.82, 2.24) is 0 Å². The number of nitriles is 1. The molecule has 0 aliphatic rings. The second-order valence-corrected chi connectivity index (χ2v) is 2.96. The number of nitrogens with zero attached hydrogens (tertiary/aromatic N) is 1. The van der Waals surface area contributed by atoms with E-state index in [1.165, 1.54) is 0 Å². The Morgan fingerprint density at radius 1 is 1.46 bits per heavy atom. The van der Waals surface area contributed by atoms with Gasteiger partial charge in [0.25, 0.3) is 0 Å². The monoisotopic (exact) mass is 202 g/mol. The molecule has 1 radical (unpaired) electrons.